The molecule has 5 heteroatoms. The molecule has 1 heterocycles. The van der Waals surface area contributed by atoms with Crippen LogP contribution in [0.2, 0.25) is 0 Å². The van der Waals surface area contributed by atoms with Crippen LogP contribution < -0.4 is 0 Å². The zero-order chi connectivity index (χ0) is 14.8. The van der Waals surface area contributed by atoms with Crippen molar-refractivity contribution in [3.8, 4) is 0 Å². The van der Waals surface area contributed by atoms with Gasteiger partial charge < -0.3 is 9.67 Å². The molecule has 1 fully saturated rings. The van der Waals surface area contributed by atoms with E-state index in [9.17, 15) is 4.79 Å². The Balaban J connectivity index is 2.12. The van der Waals surface area contributed by atoms with Crippen LogP contribution in [-0.4, -0.2) is 26.4 Å². The lowest BCUT2D eigenvalue weighted by atomic mass is 9.83. The second-order valence-electron chi connectivity index (χ2n) is 6.60. The number of imidazole rings is 1. The van der Waals surface area contributed by atoms with Crippen LogP contribution in [0, 0.1) is 5.92 Å². The Morgan fingerprint density at radius 3 is 2.70 bits per heavy atom. The molecule has 112 valence electrons. The predicted molar refractivity (Wildman–Crippen MR) is 81.2 cm³/mol. The molecule has 0 aromatic carbocycles. The maximum atomic E-state index is 10.8. The Kier molecular flexibility index (Phi) is 4.78. The largest absolute Gasteiger partial charge is 0.481 e. The van der Waals surface area contributed by atoms with Crippen molar-refractivity contribution in [3.63, 3.8) is 0 Å². The minimum Gasteiger partial charge on any atom is -0.481 e. The molecule has 0 spiro atoms. The van der Waals surface area contributed by atoms with Crippen molar-refractivity contribution in [1.29, 1.82) is 0 Å². The quantitative estimate of drug-likeness (QED) is 0.816. The van der Waals surface area contributed by atoms with Crippen LogP contribution in [0.25, 0.3) is 0 Å². The number of hydrogen-bond acceptors (Lipinski definition) is 3. The number of carboxylic acids is 1. The molecule has 4 nitrogen and oxygen atoms in total. The van der Waals surface area contributed by atoms with Crippen LogP contribution in [0.5, 0.6) is 0 Å². The molecule has 1 aromatic heterocycles. The van der Waals surface area contributed by atoms with E-state index < -0.39 is 5.97 Å². The van der Waals surface area contributed by atoms with Gasteiger partial charge in [0.05, 0.1) is 5.75 Å². The summed E-state index contributed by atoms with van der Waals surface area (Å²) in [7, 11) is 0. The summed E-state index contributed by atoms with van der Waals surface area (Å²) in [6.45, 7) is 7.49. The predicted octanol–water partition coefficient (Wildman–Crippen LogP) is 3.55. The smallest absolute Gasteiger partial charge is 0.313 e. The highest BCUT2D eigenvalue weighted by Crippen LogP contribution is 2.32. The molecule has 0 radical (unpaired) electrons. The zero-order valence-corrected chi connectivity index (χ0v) is 13.4. The van der Waals surface area contributed by atoms with Crippen molar-refractivity contribution in [2.45, 2.75) is 63.6 Å². The third kappa shape index (κ3) is 3.78. The minimum absolute atomic E-state index is 0.0364. The fraction of sp³-hybridized carbons (Fsp3) is 0.733. The van der Waals surface area contributed by atoms with Crippen LogP contribution in [0.1, 0.15) is 52.1 Å². The first-order valence-electron chi connectivity index (χ1n) is 7.28. The maximum absolute atomic E-state index is 10.8. The van der Waals surface area contributed by atoms with Crippen molar-refractivity contribution in [3.05, 3.63) is 11.9 Å². The fourth-order valence-corrected chi connectivity index (χ4v) is 3.23. The highest BCUT2D eigenvalue weighted by molar-refractivity contribution is 7.99. The molecule has 2 rings (SSSR count). The number of carbonyl (C=O) groups is 1. The van der Waals surface area contributed by atoms with Gasteiger partial charge in [0.2, 0.25) is 0 Å². The molecule has 0 atom stereocenters. The summed E-state index contributed by atoms with van der Waals surface area (Å²) in [6.07, 6.45) is 7.14. The highest BCUT2D eigenvalue weighted by Gasteiger charge is 2.24. The minimum atomic E-state index is -0.791. The highest BCUT2D eigenvalue weighted by atomic mass is 32.2. The van der Waals surface area contributed by atoms with Gasteiger partial charge >= 0.3 is 5.97 Å². The molecule has 0 aliphatic heterocycles. The van der Waals surface area contributed by atoms with Crippen molar-refractivity contribution in [2.24, 2.45) is 5.92 Å². The topological polar surface area (TPSA) is 55.1 Å². The zero-order valence-electron chi connectivity index (χ0n) is 12.6. The second-order valence-corrected chi connectivity index (χ2v) is 7.54. The molecule has 0 unspecified atom stereocenters. The van der Waals surface area contributed by atoms with Crippen LogP contribution in [-0.2, 0) is 16.8 Å². The Hall–Kier alpha value is -0.970. The Morgan fingerprint density at radius 2 is 2.20 bits per heavy atom. The molecule has 1 aliphatic rings. The van der Waals surface area contributed by atoms with E-state index in [4.69, 9.17) is 5.11 Å². The third-order valence-corrected chi connectivity index (χ3v) is 4.87. The third-order valence-electron chi connectivity index (χ3n) is 3.90. The van der Waals surface area contributed by atoms with E-state index in [-0.39, 0.29) is 11.2 Å². The average Bonchev–Trinajstić information content (AvgIpc) is 2.67. The van der Waals surface area contributed by atoms with Crippen LogP contribution >= 0.6 is 11.8 Å². The summed E-state index contributed by atoms with van der Waals surface area (Å²) in [4.78, 5) is 15.2. The van der Waals surface area contributed by atoms with Gasteiger partial charge in [-0.25, -0.2) is 4.98 Å². The number of carboxylic acid groups (broad SMARTS) is 1. The monoisotopic (exact) mass is 296 g/mol. The molecule has 0 saturated heterocycles. The van der Waals surface area contributed by atoms with Gasteiger partial charge in [-0.05, 0) is 12.3 Å². The molecule has 1 aromatic rings. The number of hydrogen-bond donors (Lipinski definition) is 1. The SMILES string of the molecule is CC(C)(C)c1cnc(SCC(=O)O)n1CCC1CCC1. The lowest BCUT2D eigenvalue weighted by Gasteiger charge is -2.27. The van der Waals surface area contributed by atoms with Gasteiger partial charge in [-0.3, -0.25) is 4.79 Å². The van der Waals surface area contributed by atoms with Crippen molar-refractivity contribution >= 4 is 17.7 Å². The van der Waals surface area contributed by atoms with E-state index >= 15 is 0 Å². The summed E-state index contributed by atoms with van der Waals surface area (Å²) in [5.74, 6) is 0.132. The molecule has 0 amide bonds. The van der Waals surface area contributed by atoms with Gasteiger partial charge in [0.1, 0.15) is 0 Å². The van der Waals surface area contributed by atoms with Crippen molar-refractivity contribution in [2.75, 3.05) is 5.75 Å². The first kappa shape index (κ1) is 15.4. The second kappa shape index (κ2) is 6.20. The van der Waals surface area contributed by atoms with Crippen LogP contribution in [0.3, 0.4) is 0 Å². The molecule has 1 N–H and O–H groups in total. The van der Waals surface area contributed by atoms with Crippen LogP contribution in [0.15, 0.2) is 11.4 Å². The Morgan fingerprint density at radius 1 is 1.50 bits per heavy atom. The molecular weight excluding hydrogens is 272 g/mol. The lowest BCUT2D eigenvalue weighted by molar-refractivity contribution is -0.133. The number of aromatic nitrogens is 2. The number of nitrogens with zero attached hydrogens (tertiary/aromatic N) is 2. The van der Waals surface area contributed by atoms with E-state index in [1.54, 1.807) is 0 Å². The van der Waals surface area contributed by atoms with E-state index in [0.717, 1.165) is 17.6 Å². The van der Waals surface area contributed by atoms with Crippen molar-refractivity contribution < 1.29 is 9.90 Å². The molecule has 1 aliphatic carbocycles. The molecular formula is C15H24N2O2S. The number of thioether (sulfide) groups is 1. The Bertz CT molecular complexity index is 473. The van der Waals surface area contributed by atoms with Gasteiger partial charge in [-0.2, -0.15) is 0 Å². The average molecular weight is 296 g/mol. The Labute approximate surface area is 125 Å². The normalized spacial score (nSPS) is 16.1. The first-order chi connectivity index (χ1) is 9.38. The molecule has 0 bridgehead atoms. The van der Waals surface area contributed by atoms with Gasteiger partial charge in [0.15, 0.2) is 5.16 Å². The van der Waals surface area contributed by atoms with Gasteiger partial charge in [-0.15, -0.1) is 0 Å². The number of rotatable bonds is 6. The summed E-state index contributed by atoms with van der Waals surface area (Å²) in [6, 6.07) is 0. The van der Waals surface area contributed by atoms with Crippen LogP contribution in [0.4, 0.5) is 0 Å². The molecule has 20 heavy (non-hydrogen) atoms. The summed E-state index contributed by atoms with van der Waals surface area (Å²) in [5.41, 5.74) is 1.24. The first-order valence-corrected chi connectivity index (χ1v) is 8.27. The standard InChI is InChI=1S/C15H24N2O2S/c1-15(2,3)12-9-16-14(20-10-13(18)19)17(12)8-7-11-5-4-6-11/h9,11H,4-8,10H2,1-3H3,(H,18,19). The maximum Gasteiger partial charge on any atom is 0.313 e. The van der Waals surface area contributed by atoms with E-state index in [1.807, 2.05) is 6.20 Å². The van der Waals surface area contributed by atoms with Crippen molar-refractivity contribution in [1.82, 2.24) is 9.55 Å². The van der Waals surface area contributed by atoms with E-state index in [0.29, 0.717) is 0 Å². The lowest BCUT2D eigenvalue weighted by Crippen LogP contribution is -2.21. The number of aliphatic carboxylic acids is 1. The summed E-state index contributed by atoms with van der Waals surface area (Å²) in [5, 5.41) is 9.68. The fourth-order valence-electron chi connectivity index (χ4n) is 2.51. The van der Waals surface area contributed by atoms with E-state index in [1.165, 1.54) is 43.1 Å². The van der Waals surface area contributed by atoms with Gasteiger partial charge in [0, 0.05) is 23.9 Å². The summed E-state index contributed by atoms with van der Waals surface area (Å²) >= 11 is 1.32. The van der Waals surface area contributed by atoms with E-state index in [2.05, 4.69) is 30.3 Å². The molecule has 1 saturated carbocycles. The summed E-state index contributed by atoms with van der Waals surface area (Å²) < 4.78 is 2.23. The van der Waals surface area contributed by atoms with Gasteiger partial charge in [0.25, 0.3) is 0 Å². The van der Waals surface area contributed by atoms with Gasteiger partial charge in [-0.1, -0.05) is 51.8 Å².